The SMILES string of the molecule is CCC(=O)Cc1nc(-c2ccc(OC)c(OC)c2)no1. The van der Waals surface area contributed by atoms with Crippen LogP contribution in [-0.2, 0) is 11.2 Å². The normalized spacial score (nSPS) is 10.3. The van der Waals surface area contributed by atoms with Gasteiger partial charge < -0.3 is 14.0 Å². The van der Waals surface area contributed by atoms with Gasteiger partial charge in [-0.15, -0.1) is 0 Å². The number of carbonyl (C=O) groups is 1. The average Bonchev–Trinajstić information content (AvgIpc) is 2.94. The highest BCUT2D eigenvalue weighted by Gasteiger charge is 2.13. The van der Waals surface area contributed by atoms with E-state index in [4.69, 9.17) is 14.0 Å². The van der Waals surface area contributed by atoms with Crippen LogP contribution in [0.2, 0.25) is 0 Å². The molecule has 0 spiro atoms. The number of aromatic nitrogens is 2. The van der Waals surface area contributed by atoms with Gasteiger partial charge in [0.2, 0.25) is 11.7 Å². The lowest BCUT2D eigenvalue weighted by atomic mass is 10.2. The highest BCUT2D eigenvalue weighted by molar-refractivity contribution is 5.79. The van der Waals surface area contributed by atoms with Crippen LogP contribution >= 0.6 is 0 Å². The van der Waals surface area contributed by atoms with Crippen molar-refractivity contribution in [3.8, 4) is 22.9 Å². The molecule has 0 radical (unpaired) electrons. The van der Waals surface area contributed by atoms with Crippen LogP contribution in [-0.4, -0.2) is 30.1 Å². The van der Waals surface area contributed by atoms with Crippen LogP contribution in [0.25, 0.3) is 11.4 Å². The summed E-state index contributed by atoms with van der Waals surface area (Å²) in [5.41, 5.74) is 0.738. The van der Waals surface area contributed by atoms with Crippen molar-refractivity contribution in [3.05, 3.63) is 24.1 Å². The third kappa shape index (κ3) is 2.96. The number of rotatable bonds is 6. The zero-order valence-electron chi connectivity index (χ0n) is 11.7. The van der Waals surface area contributed by atoms with Gasteiger partial charge >= 0.3 is 0 Å². The first-order valence-electron chi connectivity index (χ1n) is 6.24. The predicted molar refractivity (Wildman–Crippen MR) is 71.8 cm³/mol. The van der Waals surface area contributed by atoms with Crippen LogP contribution in [0.1, 0.15) is 19.2 Å². The Bertz CT molecular complexity index is 607. The fourth-order valence-electron chi connectivity index (χ4n) is 1.71. The first-order chi connectivity index (χ1) is 9.67. The topological polar surface area (TPSA) is 74.5 Å². The molecule has 0 aliphatic heterocycles. The second-order valence-corrected chi connectivity index (χ2v) is 4.15. The fourth-order valence-corrected chi connectivity index (χ4v) is 1.71. The second-order valence-electron chi connectivity index (χ2n) is 4.15. The maximum absolute atomic E-state index is 11.3. The summed E-state index contributed by atoms with van der Waals surface area (Å²) in [5, 5.41) is 3.87. The fraction of sp³-hybridized carbons (Fsp3) is 0.357. The Hall–Kier alpha value is -2.37. The standard InChI is InChI=1S/C14H16N2O4/c1-4-10(17)8-13-15-14(16-20-13)9-5-6-11(18-2)12(7-9)19-3/h5-7H,4,8H2,1-3H3. The maximum Gasteiger partial charge on any atom is 0.234 e. The van der Waals surface area contributed by atoms with Crippen molar-refractivity contribution in [1.82, 2.24) is 10.1 Å². The van der Waals surface area contributed by atoms with Gasteiger partial charge in [-0.3, -0.25) is 4.79 Å². The summed E-state index contributed by atoms with van der Waals surface area (Å²) in [5.74, 6) is 2.01. The molecule has 1 aromatic heterocycles. The van der Waals surface area contributed by atoms with E-state index in [0.29, 0.717) is 29.6 Å². The Morgan fingerprint density at radius 1 is 1.25 bits per heavy atom. The van der Waals surface area contributed by atoms with Crippen LogP contribution in [0.5, 0.6) is 11.5 Å². The molecule has 0 unspecified atom stereocenters. The Balaban J connectivity index is 2.25. The van der Waals surface area contributed by atoms with E-state index in [-0.39, 0.29) is 12.2 Å². The number of benzene rings is 1. The molecular weight excluding hydrogens is 260 g/mol. The summed E-state index contributed by atoms with van der Waals surface area (Å²) < 4.78 is 15.5. The van der Waals surface area contributed by atoms with Gasteiger partial charge in [0.05, 0.1) is 20.6 Å². The van der Waals surface area contributed by atoms with Gasteiger partial charge in [0.1, 0.15) is 5.78 Å². The molecule has 0 saturated heterocycles. The highest BCUT2D eigenvalue weighted by atomic mass is 16.5. The van der Waals surface area contributed by atoms with E-state index in [2.05, 4.69) is 10.1 Å². The van der Waals surface area contributed by atoms with Crippen molar-refractivity contribution in [1.29, 1.82) is 0 Å². The Kier molecular flexibility index (Phi) is 4.34. The summed E-state index contributed by atoms with van der Waals surface area (Å²) in [6.45, 7) is 1.80. The van der Waals surface area contributed by atoms with Gasteiger partial charge in [-0.2, -0.15) is 4.98 Å². The Morgan fingerprint density at radius 2 is 2.00 bits per heavy atom. The molecule has 6 nitrogen and oxygen atoms in total. The average molecular weight is 276 g/mol. The van der Waals surface area contributed by atoms with E-state index in [1.54, 1.807) is 39.3 Å². The number of ketones is 1. The smallest absolute Gasteiger partial charge is 0.234 e. The zero-order chi connectivity index (χ0) is 14.5. The first-order valence-corrected chi connectivity index (χ1v) is 6.24. The van der Waals surface area contributed by atoms with Crippen molar-refractivity contribution >= 4 is 5.78 Å². The summed E-state index contributed by atoms with van der Waals surface area (Å²) in [7, 11) is 3.13. The molecule has 0 bridgehead atoms. The van der Waals surface area contributed by atoms with Crippen LogP contribution in [0.15, 0.2) is 22.7 Å². The minimum atomic E-state index is 0.0625. The van der Waals surface area contributed by atoms with Crippen molar-refractivity contribution in [2.24, 2.45) is 0 Å². The summed E-state index contributed by atoms with van der Waals surface area (Å²) >= 11 is 0. The van der Waals surface area contributed by atoms with E-state index >= 15 is 0 Å². The summed E-state index contributed by atoms with van der Waals surface area (Å²) in [4.78, 5) is 15.6. The number of ether oxygens (including phenoxy) is 2. The molecule has 6 heteroatoms. The quantitative estimate of drug-likeness (QED) is 0.805. The Morgan fingerprint density at radius 3 is 2.65 bits per heavy atom. The van der Waals surface area contributed by atoms with Crippen LogP contribution < -0.4 is 9.47 Å². The van der Waals surface area contributed by atoms with Crippen molar-refractivity contribution < 1.29 is 18.8 Å². The van der Waals surface area contributed by atoms with Crippen molar-refractivity contribution in [2.45, 2.75) is 19.8 Å². The van der Waals surface area contributed by atoms with Crippen LogP contribution in [0.4, 0.5) is 0 Å². The molecular formula is C14H16N2O4. The second kappa shape index (κ2) is 6.18. The van der Waals surface area contributed by atoms with Gasteiger partial charge in [-0.1, -0.05) is 12.1 Å². The van der Waals surface area contributed by atoms with E-state index in [0.717, 1.165) is 5.56 Å². The molecule has 2 aromatic rings. The molecule has 0 atom stereocenters. The van der Waals surface area contributed by atoms with Gasteiger partial charge in [-0.25, -0.2) is 0 Å². The largest absolute Gasteiger partial charge is 0.493 e. The van der Waals surface area contributed by atoms with Gasteiger partial charge in [-0.05, 0) is 18.2 Å². The third-order valence-corrected chi connectivity index (χ3v) is 2.85. The Labute approximate surface area is 116 Å². The van der Waals surface area contributed by atoms with Crippen molar-refractivity contribution in [2.75, 3.05) is 14.2 Å². The molecule has 0 amide bonds. The zero-order valence-corrected chi connectivity index (χ0v) is 11.7. The van der Waals surface area contributed by atoms with Gasteiger partial charge in [0.15, 0.2) is 11.5 Å². The van der Waals surface area contributed by atoms with Gasteiger partial charge in [0.25, 0.3) is 0 Å². The minimum Gasteiger partial charge on any atom is -0.493 e. The highest BCUT2D eigenvalue weighted by Crippen LogP contribution is 2.31. The number of nitrogens with zero attached hydrogens (tertiary/aromatic N) is 2. The molecule has 0 saturated carbocycles. The van der Waals surface area contributed by atoms with Crippen LogP contribution in [0, 0.1) is 0 Å². The third-order valence-electron chi connectivity index (χ3n) is 2.85. The molecule has 0 aliphatic rings. The number of Topliss-reactive ketones (excluding diaryl/α,β-unsaturated/α-hetero) is 1. The lowest BCUT2D eigenvalue weighted by Gasteiger charge is -2.07. The van der Waals surface area contributed by atoms with E-state index in [1.165, 1.54) is 0 Å². The first kappa shape index (κ1) is 14.0. The molecule has 0 fully saturated rings. The summed E-state index contributed by atoms with van der Waals surface area (Å²) in [6.07, 6.45) is 0.616. The number of hydrogen-bond acceptors (Lipinski definition) is 6. The van der Waals surface area contributed by atoms with Crippen LogP contribution in [0.3, 0.4) is 0 Å². The molecule has 106 valence electrons. The van der Waals surface area contributed by atoms with Crippen molar-refractivity contribution in [3.63, 3.8) is 0 Å². The summed E-state index contributed by atoms with van der Waals surface area (Å²) in [6, 6.07) is 5.33. The molecule has 20 heavy (non-hydrogen) atoms. The molecule has 0 aliphatic carbocycles. The molecule has 1 heterocycles. The predicted octanol–water partition coefficient (Wildman–Crippen LogP) is 2.28. The molecule has 2 rings (SSSR count). The molecule has 1 aromatic carbocycles. The number of carbonyl (C=O) groups excluding carboxylic acids is 1. The molecule has 0 N–H and O–H groups in total. The minimum absolute atomic E-state index is 0.0625. The van der Waals surface area contributed by atoms with Gasteiger partial charge in [0, 0.05) is 12.0 Å². The lowest BCUT2D eigenvalue weighted by molar-refractivity contribution is -0.118. The monoisotopic (exact) mass is 276 g/mol. The number of methoxy groups -OCH3 is 2. The van der Waals surface area contributed by atoms with E-state index < -0.39 is 0 Å². The maximum atomic E-state index is 11.3. The van der Waals surface area contributed by atoms with E-state index in [1.807, 2.05) is 0 Å². The number of hydrogen-bond donors (Lipinski definition) is 0. The van der Waals surface area contributed by atoms with E-state index in [9.17, 15) is 4.79 Å². The lowest BCUT2D eigenvalue weighted by Crippen LogP contribution is -2.00.